The summed E-state index contributed by atoms with van der Waals surface area (Å²) in [6, 6.07) is 5.70. The molecule has 116 valence electrons. The van der Waals surface area contributed by atoms with Crippen molar-refractivity contribution in [1.82, 2.24) is 10.2 Å². The van der Waals surface area contributed by atoms with Gasteiger partial charge in [-0.05, 0) is 50.0 Å². The number of nitrogens with one attached hydrogen (secondary N) is 1. The third-order valence-corrected chi connectivity index (χ3v) is 4.49. The van der Waals surface area contributed by atoms with Crippen molar-refractivity contribution in [3.63, 3.8) is 0 Å². The van der Waals surface area contributed by atoms with Gasteiger partial charge in [0.25, 0.3) is 5.91 Å². The molecule has 0 aromatic heterocycles. The van der Waals surface area contributed by atoms with Crippen LogP contribution in [-0.2, 0) is 0 Å². The predicted octanol–water partition coefficient (Wildman–Crippen LogP) is 2.88. The van der Waals surface area contributed by atoms with Gasteiger partial charge in [0.15, 0.2) is 0 Å². The van der Waals surface area contributed by atoms with Crippen molar-refractivity contribution in [2.24, 2.45) is 5.92 Å². The molecule has 1 unspecified atom stereocenters. The van der Waals surface area contributed by atoms with E-state index in [2.05, 4.69) is 40.0 Å². The number of anilines is 1. The largest absolute Gasteiger partial charge is 0.399 e. The average Bonchev–Trinajstić information content (AvgIpc) is 2.91. The molecule has 1 aliphatic rings. The molecule has 1 amide bonds. The molecule has 21 heavy (non-hydrogen) atoms. The van der Waals surface area contributed by atoms with Gasteiger partial charge in [0.1, 0.15) is 0 Å². The topological polar surface area (TPSA) is 58.4 Å². The van der Waals surface area contributed by atoms with Crippen molar-refractivity contribution >= 4 is 27.5 Å². The molecular weight excluding hydrogens is 330 g/mol. The Morgan fingerprint density at radius 1 is 1.33 bits per heavy atom. The van der Waals surface area contributed by atoms with Crippen molar-refractivity contribution in [3.8, 4) is 0 Å². The average molecular weight is 354 g/mol. The normalized spacial score (nSPS) is 17.1. The smallest absolute Gasteiger partial charge is 0.251 e. The molecule has 1 aromatic carbocycles. The summed E-state index contributed by atoms with van der Waals surface area (Å²) in [6.45, 7) is 7.40. The summed E-state index contributed by atoms with van der Waals surface area (Å²) in [5, 5.41) is 3.05. The number of halogens is 1. The van der Waals surface area contributed by atoms with Crippen LogP contribution in [-0.4, -0.2) is 36.5 Å². The summed E-state index contributed by atoms with van der Waals surface area (Å²) in [6.07, 6.45) is 2.53. The van der Waals surface area contributed by atoms with Gasteiger partial charge in [-0.15, -0.1) is 0 Å². The Labute approximate surface area is 135 Å². The van der Waals surface area contributed by atoms with E-state index in [-0.39, 0.29) is 5.91 Å². The van der Waals surface area contributed by atoms with E-state index in [0.717, 1.165) is 17.6 Å². The van der Waals surface area contributed by atoms with Crippen LogP contribution in [0.3, 0.4) is 0 Å². The molecule has 0 spiro atoms. The van der Waals surface area contributed by atoms with Gasteiger partial charge in [0.2, 0.25) is 0 Å². The van der Waals surface area contributed by atoms with E-state index in [1.807, 2.05) is 0 Å². The second kappa shape index (κ2) is 7.27. The third kappa shape index (κ3) is 4.45. The first-order valence-electron chi connectivity index (χ1n) is 7.55. The van der Waals surface area contributed by atoms with E-state index in [4.69, 9.17) is 5.73 Å². The Bertz CT molecular complexity index is 478. The molecule has 1 aliphatic heterocycles. The van der Waals surface area contributed by atoms with Crippen LogP contribution in [0.25, 0.3) is 0 Å². The number of nitrogens with zero attached hydrogens (tertiary/aromatic N) is 1. The minimum absolute atomic E-state index is 0.0622. The first kappa shape index (κ1) is 16.3. The van der Waals surface area contributed by atoms with Crippen molar-refractivity contribution in [2.45, 2.75) is 32.7 Å². The standard InChI is InChI=1S/C16H24BrN3O/c1-11(2)15(20-5-3-4-6-20)10-19-16(21)12-7-13(17)9-14(18)8-12/h7-9,11,15H,3-6,10,18H2,1-2H3,(H,19,21). The van der Waals surface area contributed by atoms with Crippen LogP contribution in [0.15, 0.2) is 22.7 Å². The van der Waals surface area contributed by atoms with Crippen molar-refractivity contribution in [1.29, 1.82) is 0 Å². The fourth-order valence-corrected chi connectivity index (χ4v) is 3.41. The molecular formula is C16H24BrN3O. The van der Waals surface area contributed by atoms with Gasteiger partial charge in [0, 0.05) is 28.3 Å². The van der Waals surface area contributed by atoms with Gasteiger partial charge < -0.3 is 11.1 Å². The van der Waals surface area contributed by atoms with Crippen molar-refractivity contribution < 1.29 is 4.79 Å². The number of hydrogen-bond acceptors (Lipinski definition) is 3. The molecule has 3 N–H and O–H groups in total. The van der Waals surface area contributed by atoms with Crippen LogP contribution in [0, 0.1) is 5.92 Å². The number of carbonyl (C=O) groups excluding carboxylic acids is 1. The van der Waals surface area contributed by atoms with Crippen LogP contribution in [0.1, 0.15) is 37.0 Å². The van der Waals surface area contributed by atoms with Crippen LogP contribution < -0.4 is 11.1 Å². The Balaban J connectivity index is 1.98. The summed E-state index contributed by atoms with van der Waals surface area (Å²) >= 11 is 3.37. The maximum absolute atomic E-state index is 12.3. The summed E-state index contributed by atoms with van der Waals surface area (Å²) < 4.78 is 0.826. The second-order valence-corrected chi connectivity index (χ2v) is 6.95. The lowest BCUT2D eigenvalue weighted by molar-refractivity contribution is 0.0927. The number of carbonyl (C=O) groups is 1. The summed E-state index contributed by atoms with van der Waals surface area (Å²) in [4.78, 5) is 14.8. The van der Waals surface area contributed by atoms with Crippen LogP contribution in [0.4, 0.5) is 5.69 Å². The van der Waals surface area contributed by atoms with Gasteiger partial charge in [-0.2, -0.15) is 0 Å². The SMILES string of the molecule is CC(C)C(CNC(=O)c1cc(N)cc(Br)c1)N1CCCC1. The highest BCUT2D eigenvalue weighted by Gasteiger charge is 2.25. The molecule has 0 aliphatic carbocycles. The molecule has 1 atom stereocenters. The first-order valence-corrected chi connectivity index (χ1v) is 8.35. The summed E-state index contributed by atoms with van der Waals surface area (Å²) in [7, 11) is 0. The lowest BCUT2D eigenvalue weighted by Crippen LogP contribution is -2.45. The summed E-state index contributed by atoms with van der Waals surface area (Å²) in [5.41, 5.74) is 6.98. The van der Waals surface area contributed by atoms with Crippen LogP contribution in [0.2, 0.25) is 0 Å². The predicted molar refractivity (Wildman–Crippen MR) is 90.3 cm³/mol. The second-order valence-electron chi connectivity index (χ2n) is 6.04. The van der Waals surface area contributed by atoms with E-state index >= 15 is 0 Å². The van der Waals surface area contributed by atoms with E-state index < -0.39 is 0 Å². The number of likely N-dealkylation sites (tertiary alicyclic amines) is 1. The number of benzene rings is 1. The molecule has 4 nitrogen and oxygen atoms in total. The fraction of sp³-hybridized carbons (Fsp3) is 0.562. The molecule has 5 heteroatoms. The molecule has 1 heterocycles. The number of amides is 1. The number of nitrogens with two attached hydrogens (primary N) is 1. The van der Waals surface area contributed by atoms with E-state index in [9.17, 15) is 4.79 Å². The van der Waals surface area contributed by atoms with Crippen LogP contribution in [0.5, 0.6) is 0 Å². The molecule has 0 bridgehead atoms. The summed E-state index contributed by atoms with van der Waals surface area (Å²) in [5.74, 6) is 0.462. The molecule has 0 radical (unpaired) electrons. The molecule has 1 aromatic rings. The Morgan fingerprint density at radius 2 is 2.00 bits per heavy atom. The van der Waals surface area contributed by atoms with E-state index in [1.54, 1.807) is 18.2 Å². The molecule has 0 saturated carbocycles. The van der Waals surface area contributed by atoms with Crippen LogP contribution >= 0.6 is 15.9 Å². The zero-order valence-electron chi connectivity index (χ0n) is 12.7. The minimum Gasteiger partial charge on any atom is -0.399 e. The zero-order chi connectivity index (χ0) is 15.4. The number of hydrogen-bond donors (Lipinski definition) is 2. The Hall–Kier alpha value is -1.07. The van der Waals surface area contributed by atoms with Crippen molar-refractivity contribution in [2.75, 3.05) is 25.4 Å². The first-order chi connectivity index (χ1) is 9.97. The minimum atomic E-state index is -0.0622. The maximum Gasteiger partial charge on any atom is 0.251 e. The Morgan fingerprint density at radius 3 is 2.57 bits per heavy atom. The highest BCUT2D eigenvalue weighted by molar-refractivity contribution is 9.10. The molecule has 1 fully saturated rings. The van der Waals surface area contributed by atoms with E-state index in [0.29, 0.717) is 29.8 Å². The number of rotatable bonds is 5. The van der Waals surface area contributed by atoms with Gasteiger partial charge in [0.05, 0.1) is 0 Å². The lowest BCUT2D eigenvalue weighted by atomic mass is 10.0. The monoisotopic (exact) mass is 353 g/mol. The van der Waals surface area contributed by atoms with Gasteiger partial charge in [-0.3, -0.25) is 9.69 Å². The Kier molecular flexibility index (Phi) is 5.65. The van der Waals surface area contributed by atoms with Gasteiger partial charge in [-0.25, -0.2) is 0 Å². The maximum atomic E-state index is 12.3. The molecule has 1 saturated heterocycles. The molecule has 2 rings (SSSR count). The van der Waals surface area contributed by atoms with Crippen molar-refractivity contribution in [3.05, 3.63) is 28.2 Å². The van der Waals surface area contributed by atoms with E-state index in [1.165, 1.54) is 12.8 Å². The fourth-order valence-electron chi connectivity index (χ4n) is 2.90. The van der Waals surface area contributed by atoms with Gasteiger partial charge >= 0.3 is 0 Å². The highest BCUT2D eigenvalue weighted by Crippen LogP contribution is 2.19. The number of nitrogen functional groups attached to an aromatic ring is 1. The zero-order valence-corrected chi connectivity index (χ0v) is 14.3. The third-order valence-electron chi connectivity index (χ3n) is 4.03. The van der Waals surface area contributed by atoms with Gasteiger partial charge in [-0.1, -0.05) is 29.8 Å². The lowest BCUT2D eigenvalue weighted by Gasteiger charge is -2.31. The highest BCUT2D eigenvalue weighted by atomic mass is 79.9. The quantitative estimate of drug-likeness (QED) is 0.800.